The first-order valence-corrected chi connectivity index (χ1v) is 19.9. The van der Waals surface area contributed by atoms with E-state index >= 15 is 0 Å². The first-order chi connectivity index (χ1) is 27.8. The Morgan fingerprint density at radius 1 is 0.268 bits per heavy atom. The van der Waals surface area contributed by atoms with Gasteiger partial charge in [-0.3, -0.25) is 0 Å². The predicted octanol–water partition coefficient (Wildman–Crippen LogP) is 15.9. The van der Waals surface area contributed by atoms with Gasteiger partial charge >= 0.3 is 0 Å². The minimum Gasteiger partial charge on any atom is -0.310 e. The molecule has 10 rings (SSSR count). The number of fused-ring (bicyclic) bond motifs is 3. The molecule has 0 bridgehead atoms. The second kappa shape index (κ2) is 14.7. The third-order valence-electron chi connectivity index (χ3n) is 10.7. The highest BCUT2D eigenvalue weighted by molar-refractivity contribution is 7.26. The van der Waals surface area contributed by atoms with Crippen molar-refractivity contribution in [3.8, 4) is 55.6 Å². The number of hydrogen-bond donors (Lipinski definition) is 0. The van der Waals surface area contributed by atoms with Gasteiger partial charge in [0.15, 0.2) is 0 Å². The molecule has 0 aliphatic heterocycles. The number of thiophene rings is 1. The van der Waals surface area contributed by atoms with Crippen molar-refractivity contribution in [2.45, 2.75) is 0 Å². The lowest BCUT2D eigenvalue weighted by Gasteiger charge is -2.26. The Kier molecular flexibility index (Phi) is 8.79. The van der Waals surface area contributed by atoms with Crippen molar-refractivity contribution in [2.24, 2.45) is 0 Å². The quantitative estimate of drug-likeness (QED) is 0.150. The van der Waals surface area contributed by atoms with Crippen LogP contribution in [0, 0.1) is 0 Å². The van der Waals surface area contributed by atoms with Crippen LogP contribution in [0.3, 0.4) is 0 Å². The molecule has 0 saturated heterocycles. The first-order valence-electron chi connectivity index (χ1n) is 19.1. The molecule has 10 aromatic rings. The van der Waals surface area contributed by atoms with Crippen LogP contribution in [0.25, 0.3) is 75.8 Å². The normalized spacial score (nSPS) is 11.2. The summed E-state index contributed by atoms with van der Waals surface area (Å²) < 4.78 is 2.65. The number of benzene rings is 9. The lowest BCUT2D eigenvalue weighted by molar-refractivity contribution is 1.28. The summed E-state index contributed by atoms with van der Waals surface area (Å²) >= 11 is 1.87. The molecular formula is C54H37NS. The van der Waals surface area contributed by atoms with E-state index in [1.807, 2.05) is 11.3 Å². The molecule has 1 heterocycles. The Morgan fingerprint density at radius 2 is 0.750 bits per heavy atom. The second-order valence-corrected chi connectivity index (χ2v) is 15.2. The zero-order valence-electron chi connectivity index (χ0n) is 30.7. The Hall–Kier alpha value is -7.00. The Morgan fingerprint density at radius 3 is 1.45 bits per heavy atom. The molecule has 0 fully saturated rings. The molecule has 264 valence electrons. The van der Waals surface area contributed by atoms with Gasteiger partial charge in [0.25, 0.3) is 0 Å². The molecule has 0 unspecified atom stereocenters. The van der Waals surface area contributed by atoms with E-state index < -0.39 is 0 Å². The highest BCUT2D eigenvalue weighted by Crippen LogP contribution is 2.43. The molecule has 1 nitrogen and oxygen atoms in total. The Balaban J connectivity index is 1.05. The standard InChI is InChI=1S/C54H37NS/c1-4-14-38(15-5-1)43-20-12-21-47(36-43)55(46-33-28-42(29-34-46)49-23-13-24-51-50-22-10-11-25-53(50)56-54(49)51)45-31-26-39(27-32-45)44-30-35-48(40-16-6-2-7-17-40)52(37-44)41-18-8-3-9-19-41/h1-37H. The summed E-state index contributed by atoms with van der Waals surface area (Å²) in [6, 6.07) is 81.2. The lowest BCUT2D eigenvalue weighted by Crippen LogP contribution is -2.10. The molecule has 0 aliphatic carbocycles. The van der Waals surface area contributed by atoms with E-state index in [4.69, 9.17) is 0 Å². The molecule has 0 amide bonds. The van der Waals surface area contributed by atoms with E-state index in [0.717, 1.165) is 17.1 Å². The van der Waals surface area contributed by atoms with Gasteiger partial charge in [-0.1, -0.05) is 176 Å². The Bertz CT molecular complexity index is 2930. The highest BCUT2D eigenvalue weighted by Gasteiger charge is 2.17. The van der Waals surface area contributed by atoms with E-state index in [1.54, 1.807) is 0 Å². The van der Waals surface area contributed by atoms with Crippen molar-refractivity contribution in [2.75, 3.05) is 4.90 Å². The monoisotopic (exact) mass is 731 g/mol. The van der Waals surface area contributed by atoms with Crippen molar-refractivity contribution >= 4 is 48.6 Å². The number of hydrogen-bond acceptors (Lipinski definition) is 2. The second-order valence-electron chi connectivity index (χ2n) is 14.1. The molecule has 0 aliphatic rings. The molecule has 0 atom stereocenters. The van der Waals surface area contributed by atoms with Gasteiger partial charge in [-0.25, -0.2) is 0 Å². The Labute approximate surface area is 332 Å². The van der Waals surface area contributed by atoms with Crippen molar-refractivity contribution < 1.29 is 0 Å². The minimum atomic E-state index is 1.10. The van der Waals surface area contributed by atoms with Crippen molar-refractivity contribution in [3.63, 3.8) is 0 Å². The average Bonchev–Trinajstić information content (AvgIpc) is 3.67. The molecule has 2 heteroatoms. The molecule has 9 aromatic carbocycles. The van der Waals surface area contributed by atoms with Crippen LogP contribution in [0.15, 0.2) is 224 Å². The van der Waals surface area contributed by atoms with Crippen LogP contribution in [0.1, 0.15) is 0 Å². The topological polar surface area (TPSA) is 3.24 Å². The van der Waals surface area contributed by atoms with Crippen LogP contribution in [0.4, 0.5) is 17.1 Å². The minimum absolute atomic E-state index is 1.10. The summed E-state index contributed by atoms with van der Waals surface area (Å²) in [7, 11) is 0. The number of rotatable bonds is 8. The molecule has 0 N–H and O–H groups in total. The highest BCUT2D eigenvalue weighted by atomic mass is 32.1. The number of nitrogens with zero attached hydrogens (tertiary/aromatic N) is 1. The van der Waals surface area contributed by atoms with Crippen LogP contribution >= 0.6 is 11.3 Å². The average molecular weight is 732 g/mol. The fraction of sp³-hybridized carbons (Fsp3) is 0. The largest absolute Gasteiger partial charge is 0.310 e. The van der Waals surface area contributed by atoms with Gasteiger partial charge in [0, 0.05) is 37.2 Å². The van der Waals surface area contributed by atoms with Crippen LogP contribution < -0.4 is 4.90 Å². The molecule has 0 saturated carbocycles. The van der Waals surface area contributed by atoms with Gasteiger partial charge in [-0.2, -0.15) is 0 Å². The summed E-state index contributed by atoms with van der Waals surface area (Å²) in [6.45, 7) is 0. The third-order valence-corrected chi connectivity index (χ3v) is 11.9. The van der Waals surface area contributed by atoms with E-state index in [-0.39, 0.29) is 0 Å². The van der Waals surface area contributed by atoms with Gasteiger partial charge in [-0.05, 0) is 104 Å². The van der Waals surface area contributed by atoms with Gasteiger partial charge in [0.05, 0.1) is 0 Å². The zero-order chi connectivity index (χ0) is 37.3. The summed E-state index contributed by atoms with van der Waals surface area (Å²) in [6.07, 6.45) is 0. The maximum atomic E-state index is 2.37. The predicted molar refractivity (Wildman–Crippen MR) is 241 cm³/mol. The van der Waals surface area contributed by atoms with Gasteiger partial charge in [0.1, 0.15) is 0 Å². The van der Waals surface area contributed by atoms with E-state index in [2.05, 4.69) is 229 Å². The fourth-order valence-electron chi connectivity index (χ4n) is 7.92. The molecule has 56 heavy (non-hydrogen) atoms. The van der Waals surface area contributed by atoms with Crippen LogP contribution in [0.5, 0.6) is 0 Å². The summed E-state index contributed by atoms with van der Waals surface area (Å²) in [5.41, 5.74) is 15.4. The van der Waals surface area contributed by atoms with Crippen LogP contribution in [-0.4, -0.2) is 0 Å². The van der Waals surface area contributed by atoms with E-state index in [1.165, 1.54) is 75.8 Å². The summed E-state index contributed by atoms with van der Waals surface area (Å²) in [5.74, 6) is 0. The van der Waals surface area contributed by atoms with E-state index in [9.17, 15) is 0 Å². The van der Waals surface area contributed by atoms with E-state index in [0.29, 0.717) is 0 Å². The summed E-state index contributed by atoms with van der Waals surface area (Å²) in [4.78, 5) is 2.37. The third kappa shape index (κ3) is 6.36. The van der Waals surface area contributed by atoms with Crippen LogP contribution in [0.2, 0.25) is 0 Å². The van der Waals surface area contributed by atoms with Crippen molar-refractivity contribution in [1.82, 2.24) is 0 Å². The first kappa shape index (κ1) is 33.6. The maximum Gasteiger partial charge on any atom is 0.0467 e. The van der Waals surface area contributed by atoms with Gasteiger partial charge in [0.2, 0.25) is 0 Å². The fourth-order valence-corrected chi connectivity index (χ4v) is 9.16. The molecular weight excluding hydrogens is 695 g/mol. The molecule has 0 spiro atoms. The smallest absolute Gasteiger partial charge is 0.0467 e. The van der Waals surface area contributed by atoms with Crippen molar-refractivity contribution in [1.29, 1.82) is 0 Å². The maximum absolute atomic E-state index is 2.37. The SMILES string of the molecule is c1ccc(-c2cccc(N(c3ccc(-c4ccc(-c5ccccc5)c(-c5ccccc5)c4)cc3)c3ccc(-c4cccc5c4sc4ccccc45)cc3)c2)cc1. The number of anilines is 3. The van der Waals surface area contributed by atoms with Gasteiger partial charge < -0.3 is 4.90 Å². The summed E-state index contributed by atoms with van der Waals surface area (Å²) in [5, 5.41) is 2.64. The van der Waals surface area contributed by atoms with Crippen molar-refractivity contribution in [3.05, 3.63) is 224 Å². The van der Waals surface area contributed by atoms with Crippen LogP contribution in [-0.2, 0) is 0 Å². The lowest BCUT2D eigenvalue weighted by atomic mass is 9.91. The molecule has 1 aromatic heterocycles. The zero-order valence-corrected chi connectivity index (χ0v) is 31.5. The molecule has 0 radical (unpaired) electrons. The van der Waals surface area contributed by atoms with Gasteiger partial charge in [-0.15, -0.1) is 11.3 Å².